The van der Waals surface area contributed by atoms with Crippen LogP contribution in [0.3, 0.4) is 0 Å². The molecule has 0 spiro atoms. The minimum atomic E-state index is -0.462. The lowest BCUT2D eigenvalue weighted by Crippen LogP contribution is -2.49. The fourth-order valence-electron chi connectivity index (χ4n) is 3.58. The van der Waals surface area contributed by atoms with E-state index in [-0.39, 0.29) is 29.9 Å². The lowest BCUT2D eigenvalue weighted by atomic mass is 9.92. The number of nitrogens with one attached hydrogen (secondary N) is 1. The number of carbonyl (C=O) groups is 1. The van der Waals surface area contributed by atoms with Crippen molar-refractivity contribution in [3.63, 3.8) is 0 Å². The fourth-order valence-corrected chi connectivity index (χ4v) is 3.58. The van der Waals surface area contributed by atoms with Crippen molar-refractivity contribution in [2.24, 2.45) is 11.7 Å². The number of likely N-dealkylation sites (tertiary alicyclic amines) is 1. The predicted molar refractivity (Wildman–Crippen MR) is 104 cm³/mol. The fraction of sp³-hybridized carbons (Fsp3) is 0.500. The first-order valence-corrected chi connectivity index (χ1v) is 8.74. The lowest BCUT2D eigenvalue weighted by molar-refractivity contribution is 0.0574. The SMILES string of the molecule is CCn1c(=O)[nH]c2cc(C(=O)N3CCC(C)CC3CN)ccc2c1=O.Cl. The molecular weight excluding hydrogens is 356 g/mol. The van der Waals surface area contributed by atoms with Crippen LogP contribution in [-0.2, 0) is 6.54 Å². The number of carbonyl (C=O) groups excluding carboxylic acids is 1. The maximum absolute atomic E-state index is 12.9. The van der Waals surface area contributed by atoms with Gasteiger partial charge in [-0.05, 0) is 43.9 Å². The summed E-state index contributed by atoms with van der Waals surface area (Å²) in [7, 11) is 0. The molecule has 0 saturated carbocycles. The molecule has 2 unspecified atom stereocenters. The van der Waals surface area contributed by atoms with Crippen molar-refractivity contribution in [3.8, 4) is 0 Å². The third-order valence-electron chi connectivity index (χ3n) is 5.06. The number of piperidine rings is 1. The van der Waals surface area contributed by atoms with Crippen LogP contribution in [0.4, 0.5) is 0 Å². The third kappa shape index (κ3) is 3.54. The van der Waals surface area contributed by atoms with Gasteiger partial charge in [-0.3, -0.25) is 14.2 Å². The van der Waals surface area contributed by atoms with Crippen LogP contribution in [0.2, 0.25) is 0 Å². The van der Waals surface area contributed by atoms with E-state index in [1.54, 1.807) is 25.1 Å². The molecule has 1 aliphatic heterocycles. The Morgan fingerprint density at radius 2 is 2.08 bits per heavy atom. The van der Waals surface area contributed by atoms with Crippen LogP contribution in [0, 0.1) is 5.92 Å². The number of amides is 1. The van der Waals surface area contributed by atoms with Crippen LogP contribution in [0.5, 0.6) is 0 Å². The van der Waals surface area contributed by atoms with Gasteiger partial charge in [0, 0.05) is 31.2 Å². The largest absolute Gasteiger partial charge is 0.334 e. The van der Waals surface area contributed by atoms with Gasteiger partial charge in [-0.1, -0.05) is 6.92 Å². The van der Waals surface area contributed by atoms with Crippen molar-refractivity contribution in [3.05, 3.63) is 44.6 Å². The van der Waals surface area contributed by atoms with Gasteiger partial charge in [0.15, 0.2) is 0 Å². The molecule has 0 radical (unpaired) electrons. The zero-order chi connectivity index (χ0) is 18.1. The average molecular weight is 381 g/mol. The molecule has 1 fully saturated rings. The molecule has 2 atom stereocenters. The highest BCUT2D eigenvalue weighted by Crippen LogP contribution is 2.24. The van der Waals surface area contributed by atoms with Gasteiger partial charge in [0.05, 0.1) is 10.9 Å². The molecule has 26 heavy (non-hydrogen) atoms. The number of aromatic amines is 1. The van der Waals surface area contributed by atoms with E-state index in [1.165, 1.54) is 0 Å². The zero-order valence-corrected chi connectivity index (χ0v) is 15.8. The average Bonchev–Trinajstić information content (AvgIpc) is 2.60. The van der Waals surface area contributed by atoms with E-state index >= 15 is 0 Å². The van der Waals surface area contributed by atoms with Crippen LogP contribution in [0.1, 0.15) is 37.0 Å². The summed E-state index contributed by atoms with van der Waals surface area (Å²) in [6.45, 7) is 5.32. The summed E-state index contributed by atoms with van der Waals surface area (Å²) in [5, 5.41) is 0.403. The Morgan fingerprint density at radius 3 is 2.73 bits per heavy atom. The number of nitrogens with zero attached hydrogens (tertiary/aromatic N) is 2. The van der Waals surface area contributed by atoms with Gasteiger partial charge < -0.3 is 15.6 Å². The van der Waals surface area contributed by atoms with E-state index < -0.39 is 5.69 Å². The van der Waals surface area contributed by atoms with Crippen molar-refractivity contribution in [1.82, 2.24) is 14.5 Å². The third-order valence-corrected chi connectivity index (χ3v) is 5.06. The topological polar surface area (TPSA) is 101 Å². The Bertz CT molecular complexity index is 921. The monoisotopic (exact) mass is 380 g/mol. The summed E-state index contributed by atoms with van der Waals surface area (Å²) in [5.41, 5.74) is 5.90. The summed E-state index contributed by atoms with van der Waals surface area (Å²) >= 11 is 0. The Kier molecular flexibility index (Phi) is 6.26. The number of rotatable bonds is 3. The quantitative estimate of drug-likeness (QED) is 0.838. The van der Waals surface area contributed by atoms with Gasteiger partial charge in [-0.2, -0.15) is 0 Å². The van der Waals surface area contributed by atoms with Gasteiger partial charge in [0.2, 0.25) is 0 Å². The highest BCUT2D eigenvalue weighted by molar-refractivity contribution is 5.97. The number of halogens is 1. The summed E-state index contributed by atoms with van der Waals surface area (Å²) in [4.78, 5) is 41.7. The second kappa shape index (κ2) is 8.05. The number of hydrogen-bond acceptors (Lipinski definition) is 4. The molecule has 3 rings (SSSR count). The number of aromatic nitrogens is 2. The molecule has 1 aromatic carbocycles. The molecule has 1 aromatic heterocycles. The first-order valence-electron chi connectivity index (χ1n) is 8.74. The van der Waals surface area contributed by atoms with Crippen molar-refractivity contribution >= 4 is 29.2 Å². The molecule has 2 heterocycles. The van der Waals surface area contributed by atoms with E-state index in [9.17, 15) is 14.4 Å². The van der Waals surface area contributed by atoms with E-state index in [4.69, 9.17) is 5.73 Å². The smallest absolute Gasteiger partial charge is 0.328 e. The molecule has 8 heteroatoms. The molecule has 1 amide bonds. The number of nitrogens with two attached hydrogens (primary N) is 1. The number of H-pyrrole nitrogens is 1. The summed E-state index contributed by atoms with van der Waals surface area (Å²) in [6.07, 6.45) is 1.85. The van der Waals surface area contributed by atoms with E-state index in [1.807, 2.05) is 4.90 Å². The summed E-state index contributed by atoms with van der Waals surface area (Å²) < 4.78 is 1.14. The molecule has 2 aromatic rings. The van der Waals surface area contributed by atoms with E-state index in [0.717, 1.165) is 17.4 Å². The molecule has 142 valence electrons. The second-order valence-electron chi connectivity index (χ2n) is 6.76. The molecule has 1 saturated heterocycles. The first-order chi connectivity index (χ1) is 12.0. The molecule has 3 N–H and O–H groups in total. The van der Waals surface area contributed by atoms with Crippen molar-refractivity contribution < 1.29 is 4.79 Å². The van der Waals surface area contributed by atoms with Crippen LogP contribution in [0.15, 0.2) is 27.8 Å². The van der Waals surface area contributed by atoms with Crippen LogP contribution in [-0.4, -0.2) is 39.5 Å². The molecule has 7 nitrogen and oxygen atoms in total. The minimum Gasteiger partial charge on any atom is -0.334 e. The molecule has 0 aliphatic carbocycles. The highest BCUT2D eigenvalue weighted by atomic mass is 35.5. The van der Waals surface area contributed by atoms with Gasteiger partial charge in [0.1, 0.15) is 0 Å². The Balaban J connectivity index is 0.00000243. The van der Waals surface area contributed by atoms with Crippen molar-refractivity contribution in [2.45, 2.75) is 39.3 Å². The van der Waals surface area contributed by atoms with Crippen molar-refractivity contribution in [2.75, 3.05) is 13.1 Å². The number of hydrogen-bond donors (Lipinski definition) is 2. The Hall–Kier alpha value is -2.12. The Labute approximate surface area is 157 Å². The zero-order valence-electron chi connectivity index (χ0n) is 15.0. The second-order valence-corrected chi connectivity index (χ2v) is 6.76. The van der Waals surface area contributed by atoms with Gasteiger partial charge in [0.25, 0.3) is 11.5 Å². The lowest BCUT2D eigenvalue weighted by Gasteiger charge is -2.38. The maximum Gasteiger partial charge on any atom is 0.328 e. The maximum atomic E-state index is 12.9. The van der Waals surface area contributed by atoms with Gasteiger partial charge in [-0.15, -0.1) is 12.4 Å². The standard InChI is InChI=1S/C18H24N4O3.ClH/c1-3-21-17(24)14-5-4-12(9-15(14)20-18(21)25)16(23)22-7-6-11(2)8-13(22)10-19;/h4-5,9,11,13H,3,6-8,10,19H2,1-2H3,(H,20,25);1H. The molecule has 1 aliphatic rings. The van der Waals surface area contributed by atoms with E-state index in [2.05, 4.69) is 11.9 Å². The minimum absolute atomic E-state index is 0. The first kappa shape index (κ1) is 20.2. The predicted octanol–water partition coefficient (Wildman–Crippen LogP) is 1.33. The van der Waals surface area contributed by atoms with E-state index in [0.29, 0.717) is 42.0 Å². The molecular formula is C18H25ClN4O3. The van der Waals surface area contributed by atoms with Crippen LogP contribution >= 0.6 is 12.4 Å². The number of fused-ring (bicyclic) bond motifs is 1. The van der Waals surface area contributed by atoms with Crippen molar-refractivity contribution in [1.29, 1.82) is 0 Å². The summed E-state index contributed by atoms with van der Waals surface area (Å²) in [6, 6.07) is 4.87. The normalized spacial score (nSPS) is 20.0. The summed E-state index contributed by atoms with van der Waals surface area (Å²) in [5.74, 6) is 0.447. The van der Waals surface area contributed by atoms with Gasteiger partial charge >= 0.3 is 5.69 Å². The molecule has 0 bridgehead atoms. The van der Waals surface area contributed by atoms with Crippen LogP contribution < -0.4 is 17.0 Å². The van der Waals surface area contributed by atoms with Gasteiger partial charge in [-0.25, -0.2) is 4.79 Å². The number of benzene rings is 1. The highest BCUT2D eigenvalue weighted by Gasteiger charge is 2.29. The Morgan fingerprint density at radius 1 is 1.35 bits per heavy atom. The van der Waals surface area contributed by atoms with Crippen LogP contribution in [0.25, 0.3) is 10.9 Å².